The molecule has 1 aliphatic heterocycles. The Morgan fingerprint density at radius 2 is 2.14 bits per heavy atom. The van der Waals surface area contributed by atoms with Crippen molar-refractivity contribution in [1.82, 2.24) is 24.6 Å². The summed E-state index contributed by atoms with van der Waals surface area (Å²) >= 11 is 3.21. The van der Waals surface area contributed by atoms with Crippen LogP contribution in [-0.2, 0) is 29.0 Å². The Morgan fingerprint density at radius 1 is 1.29 bits per heavy atom. The number of hydrogen-bond donors (Lipinski definition) is 0. The maximum Gasteiger partial charge on any atom is 0.233 e. The summed E-state index contributed by atoms with van der Waals surface area (Å²) in [7, 11) is 1.67. The van der Waals surface area contributed by atoms with Gasteiger partial charge < -0.3 is 9.64 Å². The van der Waals surface area contributed by atoms with E-state index < -0.39 is 0 Å². The molecular formula is C19H21N5O2S2. The highest BCUT2D eigenvalue weighted by Crippen LogP contribution is 2.26. The van der Waals surface area contributed by atoms with Crippen LogP contribution in [0.2, 0.25) is 0 Å². The first-order valence-electron chi connectivity index (χ1n) is 9.04. The standard InChI is InChI=1S/C19H21N5O2S2/c1-26-10-9-24-18(14-2-6-20-7-3-14)21-22-19(24)28-13-17(25)23-8-4-16-15(12-23)5-11-27-16/h2-3,5-7,11H,4,8-10,12-13H2,1H3. The molecule has 7 nitrogen and oxygen atoms in total. The highest BCUT2D eigenvalue weighted by molar-refractivity contribution is 7.99. The van der Waals surface area contributed by atoms with Gasteiger partial charge in [-0.25, -0.2) is 0 Å². The second-order valence-corrected chi connectivity index (χ2v) is 8.35. The van der Waals surface area contributed by atoms with E-state index in [0.717, 1.165) is 29.5 Å². The number of nitrogens with zero attached hydrogens (tertiary/aromatic N) is 5. The van der Waals surface area contributed by atoms with Crippen molar-refractivity contribution in [3.63, 3.8) is 0 Å². The van der Waals surface area contributed by atoms with Crippen LogP contribution in [0, 0.1) is 0 Å². The maximum atomic E-state index is 12.7. The summed E-state index contributed by atoms with van der Waals surface area (Å²) in [5.41, 5.74) is 2.22. The molecule has 0 radical (unpaired) electrons. The van der Waals surface area contributed by atoms with Crippen LogP contribution in [0.15, 0.2) is 41.1 Å². The first kappa shape index (κ1) is 19.1. The normalized spacial score (nSPS) is 13.5. The fourth-order valence-corrected chi connectivity index (χ4v) is 4.93. The number of carbonyl (C=O) groups excluding carboxylic acids is 1. The third-order valence-electron chi connectivity index (χ3n) is 4.66. The Balaban J connectivity index is 1.45. The Labute approximate surface area is 171 Å². The number of amides is 1. The second kappa shape index (κ2) is 8.85. The van der Waals surface area contributed by atoms with E-state index >= 15 is 0 Å². The van der Waals surface area contributed by atoms with Crippen LogP contribution >= 0.6 is 23.1 Å². The number of carbonyl (C=O) groups is 1. The van der Waals surface area contributed by atoms with Gasteiger partial charge in [-0.3, -0.25) is 14.3 Å². The monoisotopic (exact) mass is 415 g/mol. The van der Waals surface area contributed by atoms with Crippen LogP contribution in [0.1, 0.15) is 10.4 Å². The molecule has 0 saturated heterocycles. The van der Waals surface area contributed by atoms with Gasteiger partial charge in [-0.05, 0) is 35.6 Å². The summed E-state index contributed by atoms with van der Waals surface area (Å²) in [5, 5.41) is 11.5. The lowest BCUT2D eigenvalue weighted by molar-refractivity contribution is -0.129. The van der Waals surface area contributed by atoms with Crippen LogP contribution in [0.4, 0.5) is 0 Å². The molecule has 0 N–H and O–H groups in total. The van der Waals surface area contributed by atoms with Gasteiger partial charge in [0.15, 0.2) is 11.0 Å². The van der Waals surface area contributed by atoms with E-state index in [9.17, 15) is 4.79 Å². The van der Waals surface area contributed by atoms with Gasteiger partial charge in [0, 0.05) is 43.0 Å². The molecule has 0 aliphatic carbocycles. The smallest absolute Gasteiger partial charge is 0.233 e. The molecule has 0 unspecified atom stereocenters. The molecule has 1 aliphatic rings. The minimum absolute atomic E-state index is 0.133. The molecule has 146 valence electrons. The first-order valence-corrected chi connectivity index (χ1v) is 10.9. The minimum atomic E-state index is 0.133. The molecule has 1 amide bonds. The fourth-order valence-electron chi connectivity index (χ4n) is 3.17. The van der Waals surface area contributed by atoms with Gasteiger partial charge in [0.25, 0.3) is 0 Å². The quantitative estimate of drug-likeness (QED) is 0.553. The lowest BCUT2D eigenvalue weighted by Crippen LogP contribution is -2.36. The number of aromatic nitrogens is 4. The zero-order valence-electron chi connectivity index (χ0n) is 15.6. The van der Waals surface area contributed by atoms with Crippen molar-refractivity contribution in [3.8, 4) is 11.4 Å². The number of rotatable bonds is 7. The predicted molar refractivity (Wildman–Crippen MR) is 109 cm³/mol. The molecule has 3 aromatic heterocycles. The van der Waals surface area contributed by atoms with Crippen LogP contribution < -0.4 is 0 Å². The molecule has 9 heteroatoms. The third kappa shape index (κ3) is 4.11. The number of methoxy groups -OCH3 is 1. The molecular weight excluding hydrogens is 394 g/mol. The van der Waals surface area contributed by atoms with Crippen molar-refractivity contribution >= 4 is 29.0 Å². The van der Waals surface area contributed by atoms with Crippen LogP contribution in [0.25, 0.3) is 11.4 Å². The molecule has 4 rings (SSSR count). The number of thioether (sulfide) groups is 1. The lowest BCUT2D eigenvalue weighted by atomic mass is 10.1. The van der Waals surface area contributed by atoms with Gasteiger partial charge in [-0.2, -0.15) is 0 Å². The van der Waals surface area contributed by atoms with E-state index in [1.807, 2.05) is 21.6 Å². The molecule has 0 fully saturated rings. The van der Waals surface area contributed by atoms with E-state index in [-0.39, 0.29) is 5.91 Å². The largest absolute Gasteiger partial charge is 0.383 e. The van der Waals surface area contributed by atoms with E-state index in [0.29, 0.717) is 25.4 Å². The molecule has 28 heavy (non-hydrogen) atoms. The lowest BCUT2D eigenvalue weighted by Gasteiger charge is -2.26. The van der Waals surface area contributed by atoms with Crippen molar-refractivity contribution in [1.29, 1.82) is 0 Å². The van der Waals surface area contributed by atoms with Crippen molar-refractivity contribution in [2.75, 3.05) is 26.0 Å². The number of fused-ring (bicyclic) bond motifs is 1. The second-order valence-electron chi connectivity index (χ2n) is 6.41. The van der Waals surface area contributed by atoms with Crippen molar-refractivity contribution in [2.24, 2.45) is 0 Å². The van der Waals surface area contributed by atoms with Crippen LogP contribution in [-0.4, -0.2) is 56.6 Å². The minimum Gasteiger partial charge on any atom is -0.383 e. The molecule has 0 aromatic carbocycles. The maximum absolute atomic E-state index is 12.7. The summed E-state index contributed by atoms with van der Waals surface area (Å²) in [4.78, 5) is 20.1. The van der Waals surface area contributed by atoms with E-state index in [4.69, 9.17) is 4.74 Å². The number of thiophene rings is 1. The Morgan fingerprint density at radius 3 is 2.96 bits per heavy atom. The third-order valence-corrected chi connectivity index (χ3v) is 6.63. The molecule has 0 bridgehead atoms. The Bertz CT molecular complexity index is 941. The number of hydrogen-bond acceptors (Lipinski definition) is 7. The van der Waals surface area contributed by atoms with Gasteiger partial charge in [0.2, 0.25) is 5.91 Å². The summed E-state index contributed by atoms with van der Waals surface area (Å²) in [6, 6.07) is 5.92. The first-order chi connectivity index (χ1) is 13.8. The fraction of sp³-hybridized carbons (Fsp3) is 0.368. The van der Waals surface area contributed by atoms with Crippen molar-refractivity contribution in [3.05, 3.63) is 46.4 Å². The SMILES string of the molecule is COCCn1c(SCC(=O)N2CCc3sccc3C2)nnc1-c1ccncc1. The number of pyridine rings is 1. The highest BCUT2D eigenvalue weighted by Gasteiger charge is 2.22. The molecule has 4 heterocycles. The van der Waals surface area contributed by atoms with Gasteiger partial charge in [-0.1, -0.05) is 11.8 Å². The zero-order valence-corrected chi connectivity index (χ0v) is 17.2. The van der Waals surface area contributed by atoms with Crippen molar-refractivity contribution < 1.29 is 9.53 Å². The van der Waals surface area contributed by atoms with Gasteiger partial charge in [-0.15, -0.1) is 21.5 Å². The summed E-state index contributed by atoms with van der Waals surface area (Å²) in [6.45, 7) is 2.66. The van der Waals surface area contributed by atoms with E-state index in [1.165, 1.54) is 22.2 Å². The average Bonchev–Trinajstić information content (AvgIpc) is 3.37. The molecule has 3 aromatic rings. The van der Waals surface area contributed by atoms with Gasteiger partial charge >= 0.3 is 0 Å². The van der Waals surface area contributed by atoms with E-state index in [1.54, 1.807) is 30.8 Å². The summed E-state index contributed by atoms with van der Waals surface area (Å²) in [6.07, 6.45) is 4.41. The topological polar surface area (TPSA) is 73.1 Å². The molecule has 0 atom stereocenters. The average molecular weight is 416 g/mol. The molecule has 0 spiro atoms. The number of ether oxygens (including phenoxy) is 1. The molecule has 0 saturated carbocycles. The van der Waals surface area contributed by atoms with Crippen LogP contribution in [0.5, 0.6) is 0 Å². The predicted octanol–water partition coefficient (Wildman–Crippen LogP) is 2.73. The summed E-state index contributed by atoms with van der Waals surface area (Å²) in [5.74, 6) is 1.24. The zero-order chi connectivity index (χ0) is 19.3. The van der Waals surface area contributed by atoms with Gasteiger partial charge in [0.1, 0.15) is 0 Å². The van der Waals surface area contributed by atoms with Gasteiger partial charge in [0.05, 0.1) is 18.9 Å². The van der Waals surface area contributed by atoms with Crippen molar-refractivity contribution in [2.45, 2.75) is 24.7 Å². The highest BCUT2D eigenvalue weighted by atomic mass is 32.2. The van der Waals surface area contributed by atoms with E-state index in [2.05, 4.69) is 26.6 Å². The van der Waals surface area contributed by atoms with Crippen LogP contribution in [0.3, 0.4) is 0 Å². The summed E-state index contributed by atoms with van der Waals surface area (Å²) < 4.78 is 7.24. The Hall–Kier alpha value is -2.23. The Kier molecular flexibility index (Phi) is 6.04.